The van der Waals surface area contributed by atoms with E-state index in [0.717, 1.165) is 50.1 Å². The fourth-order valence-corrected chi connectivity index (χ4v) is 1.95. The average Bonchev–Trinajstić information content (AvgIpc) is 2.59. The van der Waals surface area contributed by atoms with Gasteiger partial charge < -0.3 is 25.4 Å². The number of rotatable bonds is 17. The van der Waals surface area contributed by atoms with E-state index >= 15 is 0 Å². The highest BCUT2D eigenvalue weighted by atomic mass is 16.5. The van der Waals surface area contributed by atoms with Crippen molar-refractivity contribution >= 4 is 11.4 Å². The van der Waals surface area contributed by atoms with E-state index in [4.69, 9.17) is 25.4 Å². The molecule has 0 heterocycles. The van der Waals surface area contributed by atoms with Gasteiger partial charge in [0.2, 0.25) is 0 Å². The van der Waals surface area contributed by atoms with Crippen molar-refractivity contribution in [1.82, 2.24) is 0 Å². The fourth-order valence-electron chi connectivity index (χ4n) is 1.95. The minimum absolute atomic E-state index is 0.0207. The molecule has 0 saturated heterocycles. The lowest BCUT2D eigenvalue weighted by atomic mass is 10.2. The summed E-state index contributed by atoms with van der Waals surface area (Å²) in [6.07, 6.45) is 5.15. The third-order valence-electron chi connectivity index (χ3n) is 3.26. The van der Waals surface area contributed by atoms with Gasteiger partial charge in [0.25, 0.3) is 0 Å². The zero-order chi connectivity index (χ0) is 17.9. The van der Waals surface area contributed by atoms with E-state index in [-0.39, 0.29) is 26.4 Å². The maximum absolute atomic E-state index is 8.88. The molecule has 0 aliphatic carbocycles. The van der Waals surface area contributed by atoms with E-state index in [1.165, 1.54) is 0 Å². The molecule has 0 aliphatic rings. The summed E-state index contributed by atoms with van der Waals surface area (Å²) in [5, 5.41) is 17.8. The van der Waals surface area contributed by atoms with Gasteiger partial charge in [-0.05, 0) is 25.8 Å². The molecule has 0 aliphatic heterocycles. The van der Waals surface area contributed by atoms with Crippen molar-refractivity contribution in [1.29, 1.82) is 0 Å². The highest BCUT2D eigenvalue weighted by Crippen LogP contribution is 1.99. The van der Waals surface area contributed by atoms with Crippen LogP contribution in [-0.2, 0) is 9.47 Å². The first-order chi connectivity index (χ1) is 11.8. The summed E-state index contributed by atoms with van der Waals surface area (Å²) in [6.45, 7) is 5.32. The van der Waals surface area contributed by atoms with Crippen LogP contribution in [0.25, 0.3) is 0 Å². The fraction of sp³-hybridized carbons (Fsp3) is 0.882. The number of aliphatic hydroxyl groups is 2. The van der Waals surface area contributed by atoms with Crippen molar-refractivity contribution in [3.05, 3.63) is 0 Å². The summed E-state index contributed by atoms with van der Waals surface area (Å²) in [5.74, 6) is 0. The number of aliphatic imine (C=N–C) groups is 2. The number of hydrogen-bond donors (Lipinski definition) is 3. The molecule has 142 valence electrons. The minimum Gasteiger partial charge on any atom is -0.394 e. The minimum atomic E-state index is -0.0234. The van der Waals surface area contributed by atoms with Gasteiger partial charge in [0.15, 0.2) is 0 Å². The molecule has 0 radical (unpaired) electrons. The number of nitrogens with two attached hydrogens (primary N) is 1. The molecule has 0 amide bonds. The van der Waals surface area contributed by atoms with Gasteiger partial charge in [-0.2, -0.15) is 0 Å². The van der Waals surface area contributed by atoms with Crippen LogP contribution in [0.4, 0.5) is 0 Å². The van der Waals surface area contributed by atoms with Crippen LogP contribution < -0.4 is 5.73 Å². The highest BCUT2D eigenvalue weighted by molar-refractivity contribution is 6.43. The monoisotopic (exact) mass is 345 g/mol. The maximum atomic E-state index is 8.88. The van der Waals surface area contributed by atoms with Gasteiger partial charge in [-0.15, -0.1) is 0 Å². The zero-order valence-corrected chi connectivity index (χ0v) is 15.1. The Morgan fingerprint density at radius 1 is 0.833 bits per heavy atom. The van der Waals surface area contributed by atoms with Crippen LogP contribution in [0.15, 0.2) is 9.98 Å². The lowest BCUT2D eigenvalue weighted by Gasteiger charge is -2.12. The topological polar surface area (TPSA) is 110 Å². The van der Waals surface area contributed by atoms with Crippen LogP contribution in [0.3, 0.4) is 0 Å². The maximum Gasteiger partial charge on any atom is 0.0903 e. The number of aliphatic hydroxyl groups excluding tert-OH is 2. The Hall–Kier alpha value is -0.860. The van der Waals surface area contributed by atoms with Crippen LogP contribution in [0.2, 0.25) is 0 Å². The Kier molecular flexibility index (Phi) is 17.8. The average molecular weight is 345 g/mol. The van der Waals surface area contributed by atoms with E-state index in [2.05, 4.69) is 16.9 Å². The van der Waals surface area contributed by atoms with Gasteiger partial charge in [-0.25, -0.2) is 0 Å². The molecule has 0 aromatic heterocycles. The highest BCUT2D eigenvalue weighted by Gasteiger charge is 2.10. The largest absolute Gasteiger partial charge is 0.394 e. The standard InChI is InChI=1S/C17H35N3O4/c1-2-3-5-8-19-16(14-23-12-10-21)17(15-24-13-11-22)20-9-6-4-7-18/h21-22H,2-15,18H2,1H3/b19-16+,20-17+. The predicted molar refractivity (Wildman–Crippen MR) is 98.2 cm³/mol. The van der Waals surface area contributed by atoms with Crippen LogP contribution >= 0.6 is 0 Å². The molecule has 7 nitrogen and oxygen atoms in total. The molecule has 7 heteroatoms. The van der Waals surface area contributed by atoms with Gasteiger partial charge in [0.05, 0.1) is 51.1 Å². The third kappa shape index (κ3) is 13.6. The number of hydrogen-bond acceptors (Lipinski definition) is 7. The van der Waals surface area contributed by atoms with Crippen molar-refractivity contribution in [2.45, 2.75) is 39.0 Å². The SMILES string of the molecule is CCCCC/N=C(COCCO)/C(COCCO)=N/CCCCN. The van der Waals surface area contributed by atoms with Crippen molar-refractivity contribution in [2.75, 3.05) is 59.3 Å². The third-order valence-corrected chi connectivity index (χ3v) is 3.26. The summed E-state index contributed by atoms with van der Waals surface area (Å²) < 4.78 is 10.9. The second-order valence-electron chi connectivity index (χ2n) is 5.41. The molecule has 0 saturated carbocycles. The van der Waals surface area contributed by atoms with Gasteiger partial charge in [-0.1, -0.05) is 19.8 Å². The summed E-state index contributed by atoms with van der Waals surface area (Å²) in [7, 11) is 0. The molecule has 0 rings (SSSR count). The molecular formula is C17H35N3O4. The molecule has 0 spiro atoms. The Morgan fingerprint density at radius 2 is 1.33 bits per heavy atom. The summed E-state index contributed by atoms with van der Waals surface area (Å²) in [6, 6.07) is 0. The van der Waals surface area contributed by atoms with Crippen LogP contribution in [0.5, 0.6) is 0 Å². The Morgan fingerprint density at radius 3 is 1.75 bits per heavy atom. The van der Waals surface area contributed by atoms with E-state index < -0.39 is 0 Å². The molecule has 0 atom stereocenters. The van der Waals surface area contributed by atoms with Crippen molar-refractivity contribution in [2.24, 2.45) is 15.7 Å². The van der Waals surface area contributed by atoms with E-state index in [1.54, 1.807) is 0 Å². The van der Waals surface area contributed by atoms with Gasteiger partial charge >= 0.3 is 0 Å². The Labute approximate surface area is 146 Å². The van der Waals surface area contributed by atoms with Crippen LogP contribution in [0, 0.1) is 0 Å². The second-order valence-corrected chi connectivity index (χ2v) is 5.41. The van der Waals surface area contributed by atoms with Crippen molar-refractivity contribution in [3.8, 4) is 0 Å². The first-order valence-electron chi connectivity index (χ1n) is 8.94. The lowest BCUT2D eigenvalue weighted by Crippen LogP contribution is -2.27. The molecule has 0 fully saturated rings. The number of nitrogens with zero attached hydrogens (tertiary/aromatic N) is 2. The first kappa shape index (κ1) is 23.1. The summed E-state index contributed by atoms with van der Waals surface area (Å²) in [4.78, 5) is 9.22. The second kappa shape index (κ2) is 18.5. The zero-order valence-electron chi connectivity index (χ0n) is 15.1. The van der Waals surface area contributed by atoms with Crippen LogP contribution in [-0.4, -0.2) is 80.9 Å². The quantitative estimate of drug-likeness (QED) is 0.267. The molecule has 0 aromatic carbocycles. The number of unbranched alkanes of at least 4 members (excludes halogenated alkanes) is 3. The predicted octanol–water partition coefficient (Wildman–Crippen LogP) is 0.815. The normalized spacial score (nSPS) is 12.8. The van der Waals surface area contributed by atoms with Gasteiger partial charge in [-0.3, -0.25) is 9.98 Å². The van der Waals surface area contributed by atoms with E-state index in [1.807, 2.05) is 0 Å². The molecule has 0 bridgehead atoms. The van der Waals surface area contributed by atoms with Gasteiger partial charge in [0.1, 0.15) is 0 Å². The summed E-state index contributed by atoms with van der Waals surface area (Å²) in [5.41, 5.74) is 7.04. The lowest BCUT2D eigenvalue weighted by molar-refractivity contribution is 0.115. The van der Waals surface area contributed by atoms with Gasteiger partial charge in [0, 0.05) is 13.1 Å². The smallest absolute Gasteiger partial charge is 0.0903 e. The van der Waals surface area contributed by atoms with E-state index in [9.17, 15) is 0 Å². The molecule has 0 unspecified atom stereocenters. The Bertz CT molecular complexity index is 304. The van der Waals surface area contributed by atoms with Crippen molar-refractivity contribution in [3.63, 3.8) is 0 Å². The number of ether oxygens (including phenoxy) is 2. The molecular weight excluding hydrogens is 310 g/mol. The Balaban J connectivity index is 4.82. The molecule has 4 N–H and O–H groups in total. The van der Waals surface area contributed by atoms with Crippen molar-refractivity contribution < 1.29 is 19.7 Å². The van der Waals surface area contributed by atoms with E-state index in [0.29, 0.717) is 26.3 Å². The van der Waals surface area contributed by atoms with Crippen LogP contribution in [0.1, 0.15) is 39.0 Å². The first-order valence-corrected chi connectivity index (χ1v) is 8.94. The summed E-state index contributed by atoms with van der Waals surface area (Å²) >= 11 is 0. The molecule has 0 aromatic rings. The molecule has 24 heavy (non-hydrogen) atoms.